The summed E-state index contributed by atoms with van der Waals surface area (Å²) in [6.07, 6.45) is 0. The average molecular weight is 1470 g/mol. The molecule has 568 valence electrons. The molecule has 0 spiro atoms. The number of benzene rings is 2. The van der Waals surface area contributed by atoms with Crippen LogP contribution >= 0.6 is 0 Å². The largest absolute Gasteiger partial charge is 0.484 e. The lowest BCUT2D eigenvalue weighted by Gasteiger charge is -2.35. The molecule has 0 atom stereocenters. The number of methoxy groups -OCH3 is 4. The molecule has 1 aliphatic heterocycles. The summed E-state index contributed by atoms with van der Waals surface area (Å²) < 4.78 is 93.5. The molecular formula is C82H120N4O16Si2+4. The number of hydrogen-bond donors (Lipinski definition) is 4. The first-order valence-corrected chi connectivity index (χ1v) is 41.6. The van der Waals surface area contributed by atoms with E-state index in [1.807, 2.05) is 12.1 Å². The maximum absolute atomic E-state index is 6.59. The van der Waals surface area contributed by atoms with Crippen molar-refractivity contribution in [3.8, 4) is 45.9 Å². The quantitative estimate of drug-likeness (QED) is 0.0121. The number of ether oxygens (including phenoxy) is 16. The fraction of sp³-hybridized carbons (Fsp3) is 0.561. The van der Waals surface area contributed by atoms with Crippen molar-refractivity contribution in [1.82, 2.24) is 19.9 Å². The van der Waals surface area contributed by atoms with Crippen molar-refractivity contribution >= 4 is 16.1 Å². The minimum Gasteiger partial charge on any atom is -0.484 e. The van der Waals surface area contributed by atoms with Crippen LogP contribution < -0.4 is 18.9 Å². The molecule has 0 fully saturated rings. The van der Waals surface area contributed by atoms with E-state index in [4.69, 9.17) is 75.8 Å². The summed E-state index contributed by atoms with van der Waals surface area (Å²) >= 11 is 0. The summed E-state index contributed by atoms with van der Waals surface area (Å²) in [5.41, 5.74) is 18.9. The van der Waals surface area contributed by atoms with Crippen LogP contribution in [-0.2, 0) is 56.8 Å². The van der Waals surface area contributed by atoms with Gasteiger partial charge in [0.2, 0.25) is 16.1 Å². The summed E-state index contributed by atoms with van der Waals surface area (Å²) in [4.78, 5) is 15.9. The lowest BCUT2D eigenvalue weighted by atomic mass is 9.92. The van der Waals surface area contributed by atoms with Crippen LogP contribution in [0.3, 0.4) is 0 Å². The molecule has 0 saturated heterocycles. The van der Waals surface area contributed by atoms with Crippen molar-refractivity contribution in [3.63, 3.8) is 0 Å². The van der Waals surface area contributed by atoms with Gasteiger partial charge in [0.1, 0.15) is 61.0 Å². The molecule has 0 unspecified atom stereocenters. The van der Waals surface area contributed by atoms with Gasteiger partial charge in [0.25, 0.3) is 0 Å². The van der Waals surface area contributed by atoms with Crippen molar-refractivity contribution in [1.29, 1.82) is 0 Å². The third kappa shape index (κ3) is 24.7. The molecule has 1 aliphatic rings. The van der Waals surface area contributed by atoms with Crippen LogP contribution in [0.25, 0.3) is 0 Å². The highest BCUT2D eigenvalue weighted by molar-refractivity contribution is 6.91. The molecule has 4 aromatic heterocycles. The summed E-state index contributed by atoms with van der Waals surface area (Å²) in [7, 11) is 1.97. The molecule has 0 amide bonds. The summed E-state index contributed by atoms with van der Waals surface area (Å²) in [6, 6.07) is 29.3. The van der Waals surface area contributed by atoms with Crippen LogP contribution in [0, 0.1) is 46.6 Å². The SMILES string of the molecule is COCCOCCOCCOc1cc(OCCOCCOCCOC)cc([C+]2c3ccc([nH]3)[C+](C#C[Si](C(C)C)(C(C)C)C(C)C)c3ccc([nH]3)[C+](c3cc(OCCOCCOCCOC)cc(OCCOCCOCCOC)c3)c3ccc([nH]3)[C+](C#C[Si](C(C)C)(C(C)C)C(C)C)c3ccc2[nH]3)c1. The Morgan fingerprint density at radius 2 is 0.462 bits per heavy atom. The number of rotatable bonds is 48. The Labute approximate surface area is 623 Å². The van der Waals surface area contributed by atoms with Crippen molar-refractivity contribution < 1.29 is 75.8 Å². The van der Waals surface area contributed by atoms with Gasteiger partial charge in [0.15, 0.2) is 57.6 Å². The Hall–Kier alpha value is -6.69. The fourth-order valence-corrected chi connectivity index (χ4v) is 24.3. The molecule has 4 N–H and O–H groups in total. The van der Waals surface area contributed by atoms with E-state index in [0.29, 0.717) is 188 Å². The second-order valence-electron chi connectivity index (χ2n) is 27.6. The first kappa shape index (κ1) is 84.6. The standard InChI is InChI=1S/C82H120N4O16Si2/c1-59(2)103(60(3)4,61(5)6)51-25-71-73-17-21-77(83-73)81(65-53-67(99-47-43-95-39-35-91-31-27-87-13)57-68(54-65)100-48-44-96-40-36-92-32-28-88-14)79-23-19-75(85-79)72(26-52-104(62(7)8,63(9)10)64(11)12)76-20-24-80(86-76)82(78-22-18-74(71)84-78)66-55-69(101-49-45-97-41-37-93-33-29-89-15)58-70(56-66)102-50-46-98-42-38-94-34-30-90-16/h17-24,53-64,83-86H,27-50H2,1-16H3/q+4. The van der Waals surface area contributed by atoms with Crippen LogP contribution in [0.1, 0.15) is 140 Å². The molecule has 22 heteroatoms. The first-order valence-electron chi connectivity index (χ1n) is 37.1. The van der Waals surface area contributed by atoms with Gasteiger partial charge in [0, 0.05) is 52.4 Å². The highest BCUT2D eigenvalue weighted by atomic mass is 28.3. The number of hydrogen-bond acceptors (Lipinski definition) is 16. The van der Waals surface area contributed by atoms with E-state index >= 15 is 0 Å². The first-order chi connectivity index (χ1) is 50.4. The summed E-state index contributed by atoms with van der Waals surface area (Å²) in [5, 5.41) is 0. The van der Waals surface area contributed by atoms with E-state index < -0.39 is 16.1 Å². The van der Waals surface area contributed by atoms with Crippen molar-refractivity contribution in [3.05, 3.63) is 165 Å². The number of fused-ring (bicyclic) bond motifs is 8. The predicted octanol–water partition coefficient (Wildman–Crippen LogP) is 14.0. The average Bonchev–Trinajstić information content (AvgIpc) is 1.59. The highest BCUT2D eigenvalue weighted by Crippen LogP contribution is 2.45. The molecular weight excluding hydrogens is 1350 g/mol. The number of H-pyrrole nitrogens is 4. The Morgan fingerprint density at radius 1 is 0.269 bits per heavy atom. The van der Waals surface area contributed by atoms with Crippen LogP contribution in [0.2, 0.25) is 33.2 Å². The molecule has 8 bridgehead atoms. The van der Waals surface area contributed by atoms with E-state index in [-0.39, 0.29) is 26.4 Å². The maximum Gasteiger partial charge on any atom is 0.208 e. The third-order valence-corrected chi connectivity index (χ3v) is 31.6. The molecule has 6 aromatic rings. The Kier molecular flexibility index (Phi) is 36.7. The molecule has 20 nitrogen and oxygen atoms in total. The third-order valence-electron chi connectivity index (χ3n) is 19.0. The van der Waals surface area contributed by atoms with Gasteiger partial charge in [-0.1, -0.05) is 83.1 Å². The molecule has 7 rings (SSSR count). The van der Waals surface area contributed by atoms with Gasteiger partial charge in [-0.3, -0.25) is 0 Å². The Bertz CT molecular complexity index is 3070. The summed E-state index contributed by atoms with van der Waals surface area (Å²) in [6.45, 7) is 38.2. The van der Waals surface area contributed by atoms with Gasteiger partial charge in [-0.2, -0.15) is 0 Å². The fourth-order valence-electron chi connectivity index (χ4n) is 13.9. The van der Waals surface area contributed by atoms with E-state index in [1.165, 1.54) is 0 Å². The van der Waals surface area contributed by atoms with Gasteiger partial charge >= 0.3 is 0 Å². The molecule has 104 heavy (non-hydrogen) atoms. The Morgan fingerprint density at radius 3 is 0.663 bits per heavy atom. The van der Waals surface area contributed by atoms with Crippen LogP contribution in [-0.4, -0.2) is 223 Å². The molecule has 0 radical (unpaired) electrons. The van der Waals surface area contributed by atoms with Crippen molar-refractivity contribution in [2.75, 3.05) is 187 Å². The summed E-state index contributed by atoms with van der Waals surface area (Å²) in [5.74, 6) is 13.7. The zero-order chi connectivity index (χ0) is 74.7. The van der Waals surface area contributed by atoms with Crippen LogP contribution in [0.5, 0.6) is 23.0 Å². The normalized spacial score (nSPS) is 12.8. The lowest BCUT2D eigenvalue weighted by molar-refractivity contribution is 0.0174. The smallest absolute Gasteiger partial charge is 0.208 e. The number of aromatic amines is 4. The van der Waals surface area contributed by atoms with Crippen LogP contribution in [0.4, 0.5) is 0 Å². The van der Waals surface area contributed by atoms with Gasteiger partial charge < -0.3 is 95.7 Å². The molecule has 2 aromatic carbocycles. The van der Waals surface area contributed by atoms with Gasteiger partial charge in [-0.15, -0.1) is 0 Å². The zero-order valence-electron chi connectivity index (χ0n) is 65.0. The lowest BCUT2D eigenvalue weighted by Crippen LogP contribution is -2.43. The van der Waals surface area contributed by atoms with E-state index in [2.05, 4.69) is 199 Å². The van der Waals surface area contributed by atoms with Gasteiger partial charge in [-0.25, -0.2) is 0 Å². The molecule has 0 aliphatic carbocycles. The maximum atomic E-state index is 6.59. The number of aromatic nitrogens is 4. The molecule has 5 heterocycles. The van der Waals surface area contributed by atoms with Crippen molar-refractivity contribution in [2.45, 2.75) is 116 Å². The highest BCUT2D eigenvalue weighted by Gasteiger charge is 2.48. The molecule has 0 saturated carbocycles. The monoisotopic (exact) mass is 1470 g/mol. The predicted molar refractivity (Wildman–Crippen MR) is 414 cm³/mol. The minimum absolute atomic E-state index is 0.284. The Balaban J connectivity index is 1.42. The second kappa shape index (κ2) is 45.1. The number of nitrogens with one attached hydrogen (secondary N) is 4. The van der Waals surface area contributed by atoms with E-state index in [1.54, 1.807) is 28.4 Å². The van der Waals surface area contributed by atoms with Gasteiger partial charge in [-0.05, 0) is 44.3 Å². The second-order valence-corrected chi connectivity index (χ2v) is 38.7. The topological polar surface area (TPSA) is 211 Å². The minimum atomic E-state index is -2.33. The van der Waals surface area contributed by atoms with Crippen molar-refractivity contribution in [2.24, 2.45) is 0 Å². The van der Waals surface area contributed by atoms with E-state index in [0.717, 1.165) is 80.3 Å². The van der Waals surface area contributed by atoms with E-state index in [9.17, 15) is 0 Å². The zero-order valence-corrected chi connectivity index (χ0v) is 67.0. The van der Waals surface area contributed by atoms with Crippen LogP contribution in [0.15, 0.2) is 84.9 Å². The van der Waals surface area contributed by atoms with Gasteiger partial charge in [0.05, 0.1) is 216 Å².